The minimum absolute atomic E-state index is 0.153. The number of carbonyl (C=O) groups excluding carboxylic acids is 1. The predicted octanol–water partition coefficient (Wildman–Crippen LogP) is 3.49. The third kappa shape index (κ3) is 4.64. The summed E-state index contributed by atoms with van der Waals surface area (Å²) in [6, 6.07) is 13.7. The molecule has 1 aliphatic heterocycles. The number of methoxy groups -OCH3 is 1. The molecule has 2 aromatic rings. The van der Waals surface area contributed by atoms with Gasteiger partial charge in [0.2, 0.25) is 5.91 Å². The molecule has 3 rings (SSSR count). The first-order valence-corrected chi connectivity index (χ1v) is 8.72. The summed E-state index contributed by atoms with van der Waals surface area (Å²) in [5.41, 5.74) is 3.88. The molecular formula is C21H24N2O3. The molecule has 1 saturated heterocycles. The maximum Gasteiger partial charge on any atom is 0.248 e. The number of hydrogen-bond donors (Lipinski definition) is 1. The van der Waals surface area contributed by atoms with Gasteiger partial charge in [-0.2, -0.15) is 0 Å². The number of morpholine rings is 1. The van der Waals surface area contributed by atoms with Crippen LogP contribution in [-0.2, 0) is 9.53 Å². The number of nitrogens with one attached hydrogen (secondary N) is 1. The van der Waals surface area contributed by atoms with E-state index in [4.69, 9.17) is 9.47 Å². The molecule has 5 nitrogen and oxygen atoms in total. The van der Waals surface area contributed by atoms with Crippen molar-refractivity contribution in [1.29, 1.82) is 0 Å². The Labute approximate surface area is 154 Å². The average molecular weight is 352 g/mol. The Balaban J connectivity index is 1.72. The van der Waals surface area contributed by atoms with Crippen LogP contribution in [-0.4, -0.2) is 39.3 Å². The van der Waals surface area contributed by atoms with E-state index in [9.17, 15) is 4.79 Å². The highest BCUT2D eigenvalue weighted by Crippen LogP contribution is 2.30. The quantitative estimate of drug-likeness (QED) is 0.837. The lowest BCUT2D eigenvalue weighted by molar-refractivity contribution is -0.111. The first-order valence-electron chi connectivity index (χ1n) is 8.72. The van der Waals surface area contributed by atoms with Crippen molar-refractivity contribution in [3.8, 4) is 5.75 Å². The second-order valence-corrected chi connectivity index (χ2v) is 6.22. The van der Waals surface area contributed by atoms with E-state index in [0.29, 0.717) is 13.2 Å². The van der Waals surface area contributed by atoms with Gasteiger partial charge in [-0.1, -0.05) is 18.2 Å². The molecule has 26 heavy (non-hydrogen) atoms. The summed E-state index contributed by atoms with van der Waals surface area (Å²) in [6.07, 6.45) is 3.36. The maximum atomic E-state index is 12.2. The zero-order valence-corrected chi connectivity index (χ0v) is 15.2. The van der Waals surface area contributed by atoms with Crippen LogP contribution in [0.2, 0.25) is 0 Å². The Hall–Kier alpha value is -2.79. The Kier molecular flexibility index (Phi) is 5.92. The smallest absolute Gasteiger partial charge is 0.248 e. The minimum atomic E-state index is -0.153. The van der Waals surface area contributed by atoms with Crippen LogP contribution >= 0.6 is 0 Å². The molecule has 0 atom stereocenters. The first-order chi connectivity index (χ1) is 12.7. The van der Waals surface area contributed by atoms with Crippen molar-refractivity contribution in [1.82, 2.24) is 0 Å². The molecular weight excluding hydrogens is 328 g/mol. The van der Waals surface area contributed by atoms with Crippen molar-refractivity contribution < 1.29 is 14.3 Å². The third-order valence-electron chi connectivity index (χ3n) is 4.27. The van der Waals surface area contributed by atoms with Gasteiger partial charge in [-0.3, -0.25) is 4.79 Å². The van der Waals surface area contributed by atoms with E-state index in [2.05, 4.69) is 10.2 Å². The van der Waals surface area contributed by atoms with Crippen LogP contribution < -0.4 is 15.0 Å². The number of anilines is 2. The first kappa shape index (κ1) is 18.0. The van der Waals surface area contributed by atoms with Gasteiger partial charge in [-0.15, -0.1) is 0 Å². The van der Waals surface area contributed by atoms with Crippen molar-refractivity contribution in [2.45, 2.75) is 6.92 Å². The van der Waals surface area contributed by atoms with E-state index in [0.717, 1.165) is 41.3 Å². The Morgan fingerprint density at radius 3 is 2.73 bits per heavy atom. The number of rotatable bonds is 5. The predicted molar refractivity (Wildman–Crippen MR) is 105 cm³/mol. The molecule has 0 spiro atoms. The average Bonchev–Trinajstić information content (AvgIpc) is 2.67. The lowest BCUT2D eigenvalue weighted by atomic mass is 10.1. The monoisotopic (exact) mass is 352 g/mol. The standard InChI is InChI=1S/C21H24N2O3/c1-16-4-3-5-18(14-16)22-21(24)9-7-17-6-8-20(25-2)19(15-17)23-10-12-26-13-11-23/h3-9,14-15H,10-13H2,1-2H3,(H,22,24)/b9-7+. The van der Waals surface area contributed by atoms with Gasteiger partial charge in [0.05, 0.1) is 26.0 Å². The summed E-state index contributed by atoms with van der Waals surface area (Å²) < 4.78 is 10.9. The third-order valence-corrected chi connectivity index (χ3v) is 4.27. The fourth-order valence-electron chi connectivity index (χ4n) is 2.94. The van der Waals surface area contributed by atoms with E-state index in [1.807, 2.05) is 55.5 Å². The van der Waals surface area contributed by atoms with Crippen molar-refractivity contribution in [2.75, 3.05) is 43.6 Å². The summed E-state index contributed by atoms with van der Waals surface area (Å²) in [5.74, 6) is 0.674. The summed E-state index contributed by atoms with van der Waals surface area (Å²) in [5, 5.41) is 2.88. The van der Waals surface area contributed by atoms with Crippen molar-refractivity contribution >= 4 is 23.4 Å². The number of nitrogens with zero attached hydrogens (tertiary/aromatic N) is 1. The van der Waals surface area contributed by atoms with Gasteiger partial charge >= 0.3 is 0 Å². The number of amides is 1. The second-order valence-electron chi connectivity index (χ2n) is 6.22. The summed E-state index contributed by atoms with van der Waals surface area (Å²) in [4.78, 5) is 14.4. The van der Waals surface area contributed by atoms with Crippen LogP contribution in [0.3, 0.4) is 0 Å². The lowest BCUT2D eigenvalue weighted by Gasteiger charge is -2.30. The van der Waals surface area contributed by atoms with Gasteiger partial charge in [0, 0.05) is 24.9 Å². The van der Waals surface area contributed by atoms with Crippen molar-refractivity contribution in [3.05, 3.63) is 59.7 Å². The van der Waals surface area contributed by atoms with Crippen LogP contribution in [0.4, 0.5) is 11.4 Å². The van der Waals surface area contributed by atoms with E-state index in [1.165, 1.54) is 0 Å². The summed E-state index contributed by atoms with van der Waals surface area (Å²) >= 11 is 0. The molecule has 1 N–H and O–H groups in total. The van der Waals surface area contributed by atoms with E-state index < -0.39 is 0 Å². The maximum absolute atomic E-state index is 12.2. The molecule has 0 saturated carbocycles. The highest BCUT2D eigenvalue weighted by atomic mass is 16.5. The van der Waals surface area contributed by atoms with Gasteiger partial charge in [-0.25, -0.2) is 0 Å². The SMILES string of the molecule is COc1ccc(/C=C/C(=O)Nc2cccc(C)c2)cc1N1CCOCC1. The van der Waals surface area contributed by atoms with Gasteiger partial charge in [0.1, 0.15) is 5.75 Å². The Bertz CT molecular complexity index is 796. The van der Waals surface area contributed by atoms with E-state index in [-0.39, 0.29) is 5.91 Å². The number of hydrogen-bond acceptors (Lipinski definition) is 4. The summed E-state index contributed by atoms with van der Waals surface area (Å²) in [6.45, 7) is 5.08. The Morgan fingerprint density at radius 2 is 2.00 bits per heavy atom. The van der Waals surface area contributed by atoms with Crippen molar-refractivity contribution in [3.63, 3.8) is 0 Å². The molecule has 0 unspecified atom stereocenters. The molecule has 0 radical (unpaired) electrons. The fraction of sp³-hybridized carbons (Fsp3) is 0.286. The molecule has 2 aromatic carbocycles. The zero-order valence-electron chi connectivity index (χ0n) is 15.2. The van der Waals surface area contributed by atoms with Gasteiger partial charge < -0.3 is 19.7 Å². The van der Waals surface area contributed by atoms with Crippen LogP contribution in [0.5, 0.6) is 5.75 Å². The number of carbonyl (C=O) groups is 1. The molecule has 1 heterocycles. The topological polar surface area (TPSA) is 50.8 Å². The number of aryl methyl sites for hydroxylation is 1. The zero-order chi connectivity index (χ0) is 18.4. The van der Waals surface area contributed by atoms with E-state index >= 15 is 0 Å². The molecule has 0 aliphatic carbocycles. The number of benzene rings is 2. The largest absolute Gasteiger partial charge is 0.495 e. The fourth-order valence-corrected chi connectivity index (χ4v) is 2.94. The van der Waals surface area contributed by atoms with Crippen LogP contribution in [0.1, 0.15) is 11.1 Å². The van der Waals surface area contributed by atoms with Crippen LogP contribution in [0.15, 0.2) is 48.5 Å². The van der Waals surface area contributed by atoms with Crippen LogP contribution in [0.25, 0.3) is 6.08 Å². The summed E-state index contributed by atoms with van der Waals surface area (Å²) in [7, 11) is 1.67. The molecule has 136 valence electrons. The highest BCUT2D eigenvalue weighted by molar-refractivity contribution is 6.02. The molecule has 5 heteroatoms. The molecule has 1 fully saturated rings. The van der Waals surface area contributed by atoms with Crippen molar-refractivity contribution in [2.24, 2.45) is 0 Å². The lowest BCUT2D eigenvalue weighted by Crippen LogP contribution is -2.36. The molecule has 0 bridgehead atoms. The highest BCUT2D eigenvalue weighted by Gasteiger charge is 2.15. The van der Waals surface area contributed by atoms with E-state index in [1.54, 1.807) is 13.2 Å². The van der Waals surface area contributed by atoms with Gasteiger partial charge in [0.15, 0.2) is 0 Å². The Morgan fingerprint density at radius 1 is 1.19 bits per heavy atom. The second kappa shape index (κ2) is 8.54. The molecule has 1 amide bonds. The molecule has 1 aliphatic rings. The minimum Gasteiger partial charge on any atom is -0.495 e. The van der Waals surface area contributed by atoms with Gasteiger partial charge in [-0.05, 0) is 48.4 Å². The molecule has 0 aromatic heterocycles. The van der Waals surface area contributed by atoms with Gasteiger partial charge in [0.25, 0.3) is 0 Å². The number of ether oxygens (including phenoxy) is 2. The normalized spacial score (nSPS) is 14.5. The van der Waals surface area contributed by atoms with Crippen LogP contribution in [0, 0.1) is 6.92 Å².